The van der Waals surface area contributed by atoms with Crippen LogP contribution < -0.4 is 4.90 Å². The van der Waals surface area contributed by atoms with Crippen LogP contribution in [0.1, 0.15) is 32.6 Å². The molecule has 2 saturated heterocycles. The molecule has 2 aliphatic heterocycles. The molecule has 3 rings (SSSR count). The first-order valence-electron chi connectivity index (χ1n) is 8.78. The van der Waals surface area contributed by atoms with Crippen molar-refractivity contribution in [2.45, 2.75) is 38.6 Å². The summed E-state index contributed by atoms with van der Waals surface area (Å²) < 4.78 is 0. The van der Waals surface area contributed by atoms with Crippen LogP contribution in [0.25, 0.3) is 0 Å². The highest BCUT2D eigenvalue weighted by atomic mass is 16.2. The predicted molar refractivity (Wildman–Crippen MR) is 90.3 cm³/mol. The van der Waals surface area contributed by atoms with Gasteiger partial charge in [-0.1, -0.05) is 6.42 Å². The monoisotopic (exact) mass is 317 g/mol. The van der Waals surface area contributed by atoms with Crippen LogP contribution in [0.4, 0.5) is 5.95 Å². The number of rotatable bonds is 4. The molecule has 126 valence electrons. The minimum atomic E-state index is 0.288. The fraction of sp³-hybridized carbons (Fsp3) is 0.706. The zero-order chi connectivity index (χ0) is 16.1. The Balaban J connectivity index is 1.43. The summed E-state index contributed by atoms with van der Waals surface area (Å²) in [5.41, 5.74) is 0. The maximum absolute atomic E-state index is 12.4. The van der Waals surface area contributed by atoms with Crippen LogP contribution in [0.15, 0.2) is 18.5 Å². The Morgan fingerprint density at radius 1 is 1.13 bits per heavy atom. The Kier molecular flexibility index (Phi) is 5.43. The van der Waals surface area contributed by atoms with Gasteiger partial charge in [-0.25, -0.2) is 9.97 Å². The van der Waals surface area contributed by atoms with Gasteiger partial charge >= 0.3 is 0 Å². The van der Waals surface area contributed by atoms with E-state index in [2.05, 4.69) is 26.7 Å². The number of amides is 1. The molecule has 0 saturated carbocycles. The smallest absolute Gasteiger partial charge is 0.225 e. The Morgan fingerprint density at radius 2 is 1.87 bits per heavy atom. The SMILES string of the molecule is CC1CCCCN1CCC(=O)N1CCN(c2ncccn2)CC1. The van der Waals surface area contributed by atoms with Gasteiger partial charge in [-0.3, -0.25) is 4.79 Å². The average molecular weight is 317 g/mol. The summed E-state index contributed by atoms with van der Waals surface area (Å²) >= 11 is 0. The van der Waals surface area contributed by atoms with E-state index in [1.165, 1.54) is 19.3 Å². The third-order valence-electron chi connectivity index (χ3n) is 5.02. The molecule has 0 radical (unpaired) electrons. The van der Waals surface area contributed by atoms with Crippen molar-refractivity contribution < 1.29 is 4.79 Å². The van der Waals surface area contributed by atoms with E-state index in [0.717, 1.165) is 45.2 Å². The maximum Gasteiger partial charge on any atom is 0.225 e. The first-order valence-corrected chi connectivity index (χ1v) is 8.78. The minimum Gasteiger partial charge on any atom is -0.339 e. The molecule has 0 bridgehead atoms. The van der Waals surface area contributed by atoms with Crippen molar-refractivity contribution in [3.05, 3.63) is 18.5 Å². The number of nitrogens with zero attached hydrogens (tertiary/aromatic N) is 5. The molecule has 0 aliphatic carbocycles. The van der Waals surface area contributed by atoms with Crippen molar-refractivity contribution >= 4 is 11.9 Å². The van der Waals surface area contributed by atoms with E-state index in [-0.39, 0.29) is 5.91 Å². The standard InChI is InChI=1S/C17H27N5O/c1-15-5-2-3-9-20(15)10-6-16(23)21-11-13-22(14-12-21)17-18-7-4-8-19-17/h4,7-8,15H,2-3,5-6,9-14H2,1H3. The lowest BCUT2D eigenvalue weighted by Crippen LogP contribution is -2.50. The van der Waals surface area contributed by atoms with E-state index >= 15 is 0 Å². The number of carbonyl (C=O) groups is 1. The zero-order valence-corrected chi connectivity index (χ0v) is 14.0. The van der Waals surface area contributed by atoms with E-state index < -0.39 is 0 Å². The summed E-state index contributed by atoms with van der Waals surface area (Å²) in [5.74, 6) is 1.05. The number of carbonyl (C=O) groups excluding carboxylic acids is 1. The van der Waals surface area contributed by atoms with Crippen molar-refractivity contribution in [3.8, 4) is 0 Å². The summed E-state index contributed by atoms with van der Waals surface area (Å²) in [6.45, 7) is 7.50. The molecule has 6 heteroatoms. The number of aromatic nitrogens is 2. The van der Waals surface area contributed by atoms with Gasteiger partial charge in [-0.15, -0.1) is 0 Å². The molecule has 0 N–H and O–H groups in total. The molecule has 1 aromatic heterocycles. The first-order chi connectivity index (χ1) is 11.2. The average Bonchev–Trinajstić information content (AvgIpc) is 2.62. The van der Waals surface area contributed by atoms with Crippen molar-refractivity contribution in [2.75, 3.05) is 44.2 Å². The van der Waals surface area contributed by atoms with Gasteiger partial charge in [0.1, 0.15) is 0 Å². The number of hydrogen-bond acceptors (Lipinski definition) is 5. The molecule has 2 fully saturated rings. The number of anilines is 1. The number of hydrogen-bond donors (Lipinski definition) is 0. The van der Waals surface area contributed by atoms with E-state index in [9.17, 15) is 4.79 Å². The van der Waals surface area contributed by atoms with Gasteiger partial charge in [0.25, 0.3) is 0 Å². The first kappa shape index (κ1) is 16.2. The van der Waals surface area contributed by atoms with Gasteiger partial charge < -0.3 is 14.7 Å². The van der Waals surface area contributed by atoms with Crippen LogP contribution in [0, 0.1) is 0 Å². The molecule has 1 aromatic rings. The zero-order valence-electron chi connectivity index (χ0n) is 14.0. The molecule has 0 aromatic carbocycles. The van der Waals surface area contributed by atoms with E-state index in [4.69, 9.17) is 0 Å². The molecule has 3 heterocycles. The Hall–Kier alpha value is -1.69. The van der Waals surface area contributed by atoms with Crippen LogP contribution in [0.3, 0.4) is 0 Å². The fourth-order valence-electron chi connectivity index (χ4n) is 3.50. The third-order valence-corrected chi connectivity index (χ3v) is 5.02. The second-order valence-corrected chi connectivity index (χ2v) is 6.55. The van der Waals surface area contributed by atoms with Crippen LogP contribution in [-0.2, 0) is 4.79 Å². The van der Waals surface area contributed by atoms with Crippen molar-refractivity contribution in [1.29, 1.82) is 0 Å². The molecule has 1 unspecified atom stereocenters. The van der Waals surface area contributed by atoms with Crippen LogP contribution in [0.5, 0.6) is 0 Å². The lowest BCUT2D eigenvalue weighted by Gasteiger charge is -2.36. The highest BCUT2D eigenvalue weighted by Crippen LogP contribution is 2.17. The maximum atomic E-state index is 12.4. The summed E-state index contributed by atoms with van der Waals surface area (Å²) in [6, 6.07) is 2.45. The summed E-state index contributed by atoms with van der Waals surface area (Å²) in [5, 5.41) is 0. The molecule has 1 amide bonds. The fourth-order valence-corrected chi connectivity index (χ4v) is 3.50. The minimum absolute atomic E-state index is 0.288. The summed E-state index contributed by atoms with van der Waals surface area (Å²) in [7, 11) is 0. The molecular weight excluding hydrogens is 290 g/mol. The Bertz CT molecular complexity index is 501. The highest BCUT2D eigenvalue weighted by Gasteiger charge is 2.24. The van der Waals surface area contributed by atoms with E-state index in [1.807, 2.05) is 11.0 Å². The normalized spacial score (nSPS) is 23.1. The van der Waals surface area contributed by atoms with Crippen LogP contribution in [0.2, 0.25) is 0 Å². The summed E-state index contributed by atoms with van der Waals surface area (Å²) in [4.78, 5) is 27.6. The highest BCUT2D eigenvalue weighted by molar-refractivity contribution is 5.76. The van der Waals surface area contributed by atoms with E-state index in [0.29, 0.717) is 12.5 Å². The van der Waals surface area contributed by atoms with Gasteiger partial charge in [-0.2, -0.15) is 0 Å². The Morgan fingerprint density at radius 3 is 2.57 bits per heavy atom. The molecule has 6 nitrogen and oxygen atoms in total. The lowest BCUT2D eigenvalue weighted by molar-refractivity contribution is -0.132. The summed E-state index contributed by atoms with van der Waals surface area (Å²) in [6.07, 6.45) is 8.04. The Labute approximate surface area is 138 Å². The van der Waals surface area contributed by atoms with Crippen LogP contribution >= 0.6 is 0 Å². The molecule has 1 atom stereocenters. The second-order valence-electron chi connectivity index (χ2n) is 6.55. The van der Waals surface area contributed by atoms with Crippen molar-refractivity contribution in [1.82, 2.24) is 19.8 Å². The van der Waals surface area contributed by atoms with Crippen molar-refractivity contribution in [2.24, 2.45) is 0 Å². The van der Waals surface area contributed by atoms with Crippen LogP contribution in [-0.4, -0.2) is 71.0 Å². The molecule has 23 heavy (non-hydrogen) atoms. The molecule has 0 spiro atoms. The predicted octanol–water partition coefficient (Wildman–Crippen LogP) is 1.39. The van der Waals surface area contributed by atoms with E-state index in [1.54, 1.807) is 12.4 Å². The van der Waals surface area contributed by atoms with Gasteiger partial charge in [0.15, 0.2) is 0 Å². The quantitative estimate of drug-likeness (QED) is 0.840. The second kappa shape index (κ2) is 7.73. The third kappa shape index (κ3) is 4.19. The topological polar surface area (TPSA) is 52.6 Å². The van der Waals surface area contributed by atoms with Gasteiger partial charge in [0, 0.05) is 57.6 Å². The van der Waals surface area contributed by atoms with Gasteiger partial charge in [-0.05, 0) is 32.4 Å². The molecule has 2 aliphatic rings. The number of likely N-dealkylation sites (tertiary alicyclic amines) is 1. The molecular formula is C17H27N5O. The van der Waals surface area contributed by atoms with Crippen molar-refractivity contribution in [3.63, 3.8) is 0 Å². The number of piperazine rings is 1. The van der Waals surface area contributed by atoms with Gasteiger partial charge in [0.05, 0.1) is 0 Å². The lowest BCUT2D eigenvalue weighted by atomic mass is 10.0. The van der Waals surface area contributed by atoms with Gasteiger partial charge in [0.2, 0.25) is 11.9 Å². The largest absolute Gasteiger partial charge is 0.339 e. The number of piperidine rings is 1.